The van der Waals surface area contributed by atoms with Gasteiger partial charge < -0.3 is 0 Å². The number of hydrogen-bond acceptors (Lipinski definition) is 8. The Kier molecular flexibility index (Phi) is 11.4. The first-order chi connectivity index (χ1) is 24.6. The van der Waals surface area contributed by atoms with Crippen molar-refractivity contribution in [3.63, 3.8) is 0 Å². The standard InChI is InChI=1S/C35H32F3IN2O8S4/c1-25-5-17-31(18-6-25)50(42,43)40(51(44,45)32-19-7-26(2)8-20-32)39(30-15-13-29(14-16-30)35(36,37)38)41(52(46,47)33-21-9-27(3)10-22-33)53(48,49)34-23-11-28(4)12-24-34/h5-24H,1-4H3. The normalized spacial score (nSPS) is 13.3. The van der Waals surface area contributed by atoms with Crippen LogP contribution in [0.4, 0.5) is 13.2 Å². The molecule has 0 heterocycles. The molecule has 0 aliphatic carbocycles. The number of rotatable bonds is 11. The first-order valence-corrected chi connectivity index (χ1v) is 24.1. The van der Waals surface area contributed by atoms with E-state index in [2.05, 4.69) is 0 Å². The van der Waals surface area contributed by atoms with Crippen molar-refractivity contribution in [3.8, 4) is 0 Å². The van der Waals surface area contributed by atoms with Gasteiger partial charge in [-0.25, -0.2) is 0 Å². The quantitative estimate of drug-likeness (QED) is 0.0974. The van der Waals surface area contributed by atoms with Gasteiger partial charge in [-0.2, -0.15) is 0 Å². The molecular formula is C35H32F3IN2O8S4. The van der Waals surface area contributed by atoms with Crippen molar-refractivity contribution < 1.29 is 46.8 Å². The Morgan fingerprint density at radius 2 is 0.623 bits per heavy atom. The molecule has 0 amide bonds. The number of alkyl halides is 3. The zero-order valence-electron chi connectivity index (χ0n) is 28.4. The van der Waals surface area contributed by atoms with E-state index in [1.54, 1.807) is 27.7 Å². The van der Waals surface area contributed by atoms with Gasteiger partial charge in [-0.15, -0.1) is 0 Å². The van der Waals surface area contributed by atoms with Crippen LogP contribution in [0.15, 0.2) is 141 Å². The van der Waals surface area contributed by atoms with Gasteiger partial charge in [-0.3, -0.25) is 0 Å². The Bertz CT molecular complexity index is 2260. The molecule has 0 saturated carbocycles. The van der Waals surface area contributed by atoms with Crippen molar-refractivity contribution in [2.24, 2.45) is 0 Å². The maximum atomic E-state index is 14.9. The Morgan fingerprint density at radius 1 is 0.396 bits per heavy atom. The monoisotopic (exact) mass is 920 g/mol. The first-order valence-electron chi connectivity index (χ1n) is 15.3. The Hall–Kier alpha value is -3.66. The van der Waals surface area contributed by atoms with E-state index in [-0.39, 0.29) is 3.85 Å². The molecule has 5 aromatic carbocycles. The number of sulfonamides is 4. The summed E-state index contributed by atoms with van der Waals surface area (Å²) in [7, 11) is -21.8. The van der Waals surface area contributed by atoms with E-state index in [1.165, 1.54) is 48.5 Å². The second-order valence-corrected chi connectivity index (χ2v) is 26.6. The van der Waals surface area contributed by atoms with Crippen molar-refractivity contribution in [3.05, 3.63) is 153 Å². The van der Waals surface area contributed by atoms with Gasteiger partial charge in [0.2, 0.25) is 0 Å². The van der Waals surface area contributed by atoms with Crippen LogP contribution in [0.5, 0.6) is 0 Å². The van der Waals surface area contributed by atoms with Gasteiger partial charge >= 0.3 is 317 Å². The summed E-state index contributed by atoms with van der Waals surface area (Å²) in [5.74, 6) is 0. The molecule has 282 valence electrons. The topological polar surface area (TPSA) is 143 Å². The zero-order valence-corrected chi connectivity index (χ0v) is 33.8. The molecule has 0 spiro atoms. The van der Waals surface area contributed by atoms with Crippen LogP contribution in [-0.4, -0.2) is 37.5 Å². The van der Waals surface area contributed by atoms with Gasteiger partial charge in [-0.1, -0.05) is 0 Å². The van der Waals surface area contributed by atoms with Crippen LogP contribution in [0.1, 0.15) is 27.8 Å². The number of halogens is 4. The van der Waals surface area contributed by atoms with Crippen molar-refractivity contribution >= 4 is 60.5 Å². The van der Waals surface area contributed by atoms with E-state index in [1.807, 2.05) is 0 Å². The molecule has 5 rings (SSSR count). The van der Waals surface area contributed by atoms with Crippen LogP contribution in [0.3, 0.4) is 0 Å². The Balaban J connectivity index is 1.99. The summed E-state index contributed by atoms with van der Waals surface area (Å²) < 4.78 is 160. The molecule has 0 aromatic heterocycles. The van der Waals surface area contributed by atoms with E-state index in [9.17, 15) is 46.8 Å². The number of hydrogen-bond donors (Lipinski definition) is 0. The maximum absolute atomic E-state index is 14.9. The molecule has 0 aliphatic rings. The van der Waals surface area contributed by atoms with Crippen LogP contribution in [0.25, 0.3) is 0 Å². The van der Waals surface area contributed by atoms with E-state index >= 15 is 0 Å². The van der Waals surface area contributed by atoms with E-state index in [0.717, 1.165) is 48.5 Å². The molecule has 53 heavy (non-hydrogen) atoms. The summed E-state index contributed by atoms with van der Waals surface area (Å²) in [4.78, 5) is -2.58. The number of benzene rings is 5. The molecule has 10 nitrogen and oxygen atoms in total. The summed E-state index contributed by atoms with van der Waals surface area (Å²) in [6.45, 7) is 6.51. The second kappa shape index (κ2) is 14.9. The van der Waals surface area contributed by atoms with Crippen molar-refractivity contribution in [1.82, 2.24) is 3.85 Å². The third-order valence-corrected chi connectivity index (χ3v) is 28.1. The van der Waals surface area contributed by atoms with Crippen molar-refractivity contribution in [2.75, 3.05) is 0 Å². The predicted molar refractivity (Wildman–Crippen MR) is 201 cm³/mol. The molecule has 18 heteroatoms. The molecule has 5 aromatic rings. The molecule has 0 fully saturated rings. The number of aryl methyl sites for hydroxylation is 4. The first kappa shape index (κ1) is 40.5. The molecule has 0 aliphatic heterocycles. The van der Waals surface area contributed by atoms with Crippen LogP contribution in [-0.2, 0) is 46.3 Å². The summed E-state index contributed by atoms with van der Waals surface area (Å²) >= 11 is -5.47. The average Bonchev–Trinajstić information content (AvgIpc) is 3.08. The molecule has 0 bridgehead atoms. The molecule has 0 saturated heterocycles. The van der Waals surface area contributed by atoms with E-state index in [4.69, 9.17) is 0 Å². The van der Waals surface area contributed by atoms with Crippen LogP contribution >= 0.6 is 20.4 Å². The van der Waals surface area contributed by atoms with Gasteiger partial charge in [0.05, 0.1) is 0 Å². The van der Waals surface area contributed by atoms with Crippen LogP contribution < -0.4 is 0 Å². The van der Waals surface area contributed by atoms with E-state index in [0.29, 0.717) is 46.5 Å². The minimum atomic E-state index is -5.47. The fourth-order valence-electron chi connectivity index (χ4n) is 4.74. The van der Waals surface area contributed by atoms with Crippen LogP contribution in [0, 0.1) is 31.3 Å². The average molecular weight is 921 g/mol. The molecule has 0 N–H and O–H groups in total. The summed E-state index contributed by atoms with van der Waals surface area (Å²) in [5.41, 5.74) is 1.04. The third kappa shape index (κ3) is 8.23. The summed E-state index contributed by atoms with van der Waals surface area (Å²) in [6.07, 6.45) is -4.92. The van der Waals surface area contributed by atoms with Crippen molar-refractivity contribution in [2.45, 2.75) is 53.5 Å². The predicted octanol–water partition coefficient (Wildman–Crippen LogP) is 7.60. The van der Waals surface area contributed by atoms with E-state index < -0.39 is 95.4 Å². The number of nitrogens with zero attached hydrogens (tertiary/aromatic N) is 2. The Morgan fingerprint density at radius 3 is 0.830 bits per heavy atom. The molecular weight excluding hydrogens is 889 g/mol. The summed E-state index contributed by atoms with van der Waals surface area (Å²) in [5, 5.41) is 0. The fraction of sp³-hybridized carbons (Fsp3) is 0.143. The Labute approximate surface area is 315 Å². The third-order valence-electron chi connectivity index (χ3n) is 7.66. The van der Waals surface area contributed by atoms with Gasteiger partial charge in [-0.05, 0) is 0 Å². The van der Waals surface area contributed by atoms with Gasteiger partial charge in [0, 0.05) is 0 Å². The van der Waals surface area contributed by atoms with Crippen LogP contribution in [0.2, 0.25) is 0 Å². The van der Waals surface area contributed by atoms with Gasteiger partial charge in [0.15, 0.2) is 0 Å². The summed E-state index contributed by atoms with van der Waals surface area (Å²) in [6, 6.07) is 21.8. The SMILES string of the molecule is Cc1ccc(S(=O)(=O)N(I(c2ccc(C(F)(F)F)cc2)N(S(=O)(=O)c2ccc(C)cc2)S(=O)(=O)c2ccc(C)cc2)S(=O)(=O)c2ccc(C)cc2)cc1. The van der Waals surface area contributed by atoms with Gasteiger partial charge in [0.25, 0.3) is 0 Å². The fourth-order valence-corrected chi connectivity index (χ4v) is 26.8. The van der Waals surface area contributed by atoms with Crippen molar-refractivity contribution in [1.29, 1.82) is 0 Å². The second-order valence-electron chi connectivity index (χ2n) is 11.8. The molecule has 0 radical (unpaired) electrons. The zero-order chi connectivity index (χ0) is 39.1. The molecule has 0 unspecified atom stereocenters. The molecule has 0 atom stereocenters. The minimum absolute atomic E-state index is 0.112. The van der Waals surface area contributed by atoms with Gasteiger partial charge in [0.1, 0.15) is 0 Å².